The largest absolute Gasteiger partial charge is 0.497 e. The smallest absolute Gasteiger partial charge is 0.244 e. The molecule has 1 N–H and O–H groups in total. The molecule has 0 saturated carbocycles. The number of amides is 1. The molecule has 0 bridgehead atoms. The predicted molar refractivity (Wildman–Crippen MR) is 69.5 cm³/mol. The highest BCUT2D eigenvalue weighted by Gasteiger charge is 2.15. The molecule has 4 nitrogen and oxygen atoms in total. The van der Waals surface area contributed by atoms with E-state index in [9.17, 15) is 4.79 Å². The molecule has 1 aromatic carbocycles. The van der Waals surface area contributed by atoms with Crippen LogP contribution >= 0.6 is 0 Å². The summed E-state index contributed by atoms with van der Waals surface area (Å²) in [7, 11) is 5.14. The van der Waals surface area contributed by atoms with Crippen LogP contribution < -0.4 is 10.1 Å². The number of anilines is 1. The van der Waals surface area contributed by atoms with Crippen LogP contribution in [0.4, 0.5) is 5.69 Å². The van der Waals surface area contributed by atoms with Gasteiger partial charge in [0.25, 0.3) is 0 Å². The number of likely N-dealkylation sites (N-methyl/N-ethyl adjacent to an activating group) is 1. The Kier molecular flexibility index (Phi) is 4.37. The molecule has 4 heteroatoms. The third-order valence-corrected chi connectivity index (χ3v) is 2.62. The van der Waals surface area contributed by atoms with E-state index in [1.807, 2.05) is 32.0 Å². The second-order valence-electron chi connectivity index (χ2n) is 4.28. The van der Waals surface area contributed by atoms with Gasteiger partial charge in [-0.1, -0.05) is 0 Å². The maximum Gasteiger partial charge on any atom is 0.244 e. The van der Waals surface area contributed by atoms with Gasteiger partial charge in [0.15, 0.2) is 0 Å². The molecular weight excluding hydrogens is 216 g/mol. The first kappa shape index (κ1) is 13.4. The summed E-state index contributed by atoms with van der Waals surface area (Å²) in [6.45, 7) is 3.84. The molecule has 94 valence electrons. The average Bonchev–Trinajstić information content (AvgIpc) is 2.30. The normalized spacial score (nSPS) is 11.8. The number of ether oxygens (including phenoxy) is 1. The van der Waals surface area contributed by atoms with E-state index in [0.717, 1.165) is 17.0 Å². The SMILES string of the molecule is COc1ccc(NC(C)C(=O)N(C)C)c(C)c1. The summed E-state index contributed by atoms with van der Waals surface area (Å²) < 4.78 is 5.14. The summed E-state index contributed by atoms with van der Waals surface area (Å²) in [5, 5.41) is 3.20. The second-order valence-corrected chi connectivity index (χ2v) is 4.28. The lowest BCUT2D eigenvalue weighted by Gasteiger charge is -2.20. The Hall–Kier alpha value is -1.71. The number of nitrogens with zero attached hydrogens (tertiary/aromatic N) is 1. The van der Waals surface area contributed by atoms with Crippen LogP contribution in [0.1, 0.15) is 12.5 Å². The van der Waals surface area contributed by atoms with Gasteiger partial charge in [0, 0.05) is 19.8 Å². The fraction of sp³-hybridized carbons (Fsp3) is 0.462. The highest BCUT2D eigenvalue weighted by atomic mass is 16.5. The molecule has 17 heavy (non-hydrogen) atoms. The van der Waals surface area contributed by atoms with Gasteiger partial charge in [0.05, 0.1) is 7.11 Å². The minimum absolute atomic E-state index is 0.0558. The van der Waals surface area contributed by atoms with Crippen molar-refractivity contribution in [3.8, 4) is 5.75 Å². The predicted octanol–water partition coefficient (Wildman–Crippen LogP) is 1.89. The molecule has 0 aromatic heterocycles. The fourth-order valence-corrected chi connectivity index (χ4v) is 1.61. The van der Waals surface area contributed by atoms with E-state index in [0.29, 0.717) is 0 Å². The van der Waals surface area contributed by atoms with Crippen LogP contribution in [-0.4, -0.2) is 38.1 Å². The Morgan fingerprint density at radius 1 is 1.41 bits per heavy atom. The molecule has 0 radical (unpaired) electrons. The third kappa shape index (κ3) is 3.37. The summed E-state index contributed by atoms with van der Waals surface area (Å²) in [6.07, 6.45) is 0. The maximum atomic E-state index is 11.7. The Balaban J connectivity index is 2.78. The zero-order chi connectivity index (χ0) is 13.0. The number of hydrogen-bond acceptors (Lipinski definition) is 3. The minimum atomic E-state index is -0.239. The van der Waals surface area contributed by atoms with Crippen molar-refractivity contribution in [2.24, 2.45) is 0 Å². The lowest BCUT2D eigenvalue weighted by Crippen LogP contribution is -2.36. The van der Waals surface area contributed by atoms with E-state index in [2.05, 4.69) is 5.32 Å². The van der Waals surface area contributed by atoms with Crippen LogP contribution in [0.3, 0.4) is 0 Å². The molecule has 1 aromatic rings. The van der Waals surface area contributed by atoms with Crippen molar-refractivity contribution >= 4 is 11.6 Å². The van der Waals surface area contributed by atoms with Crippen molar-refractivity contribution in [3.05, 3.63) is 23.8 Å². The highest BCUT2D eigenvalue weighted by Crippen LogP contribution is 2.21. The number of nitrogens with one attached hydrogen (secondary N) is 1. The second kappa shape index (κ2) is 5.57. The van der Waals surface area contributed by atoms with Crippen LogP contribution in [0.5, 0.6) is 5.75 Å². The van der Waals surface area contributed by atoms with Gasteiger partial charge >= 0.3 is 0 Å². The Morgan fingerprint density at radius 2 is 2.06 bits per heavy atom. The molecular formula is C13H20N2O2. The van der Waals surface area contributed by atoms with Crippen LogP contribution in [0.25, 0.3) is 0 Å². The molecule has 0 aliphatic heterocycles. The molecule has 1 unspecified atom stereocenters. The Bertz CT molecular complexity index is 402. The molecule has 0 heterocycles. The van der Waals surface area contributed by atoms with Crippen molar-refractivity contribution in [1.82, 2.24) is 4.90 Å². The lowest BCUT2D eigenvalue weighted by atomic mass is 10.1. The zero-order valence-electron chi connectivity index (χ0n) is 11.1. The van der Waals surface area contributed by atoms with E-state index < -0.39 is 0 Å². The molecule has 1 amide bonds. The maximum absolute atomic E-state index is 11.7. The van der Waals surface area contributed by atoms with Crippen molar-refractivity contribution in [2.75, 3.05) is 26.5 Å². The van der Waals surface area contributed by atoms with Crippen molar-refractivity contribution in [3.63, 3.8) is 0 Å². The van der Waals surface area contributed by atoms with Crippen LogP contribution in [-0.2, 0) is 4.79 Å². The standard InChI is InChI=1S/C13H20N2O2/c1-9-8-11(17-5)6-7-12(9)14-10(2)13(16)15(3)4/h6-8,10,14H,1-5H3. The molecule has 0 aliphatic carbocycles. The van der Waals surface area contributed by atoms with Gasteiger partial charge in [-0.2, -0.15) is 0 Å². The van der Waals surface area contributed by atoms with Gasteiger partial charge in [0.2, 0.25) is 5.91 Å². The van der Waals surface area contributed by atoms with Gasteiger partial charge in [0.1, 0.15) is 11.8 Å². The van der Waals surface area contributed by atoms with E-state index in [4.69, 9.17) is 4.74 Å². The van der Waals surface area contributed by atoms with Gasteiger partial charge in [-0.25, -0.2) is 0 Å². The number of aryl methyl sites for hydroxylation is 1. The van der Waals surface area contributed by atoms with Crippen molar-refractivity contribution < 1.29 is 9.53 Å². The quantitative estimate of drug-likeness (QED) is 0.868. The number of benzene rings is 1. The van der Waals surface area contributed by atoms with Gasteiger partial charge < -0.3 is 15.0 Å². The summed E-state index contributed by atoms with van der Waals surface area (Å²) in [5.74, 6) is 0.875. The number of methoxy groups -OCH3 is 1. The third-order valence-electron chi connectivity index (χ3n) is 2.62. The Labute approximate surface area is 103 Å². The molecule has 1 atom stereocenters. The first-order chi connectivity index (χ1) is 7.95. The fourth-order valence-electron chi connectivity index (χ4n) is 1.61. The molecule has 0 aliphatic rings. The number of carbonyl (C=O) groups is 1. The number of hydrogen-bond donors (Lipinski definition) is 1. The van der Waals surface area contributed by atoms with E-state index >= 15 is 0 Å². The summed E-state index contributed by atoms with van der Waals surface area (Å²) in [4.78, 5) is 13.3. The molecule has 1 rings (SSSR count). The lowest BCUT2D eigenvalue weighted by molar-refractivity contribution is -0.129. The van der Waals surface area contributed by atoms with Gasteiger partial charge in [-0.3, -0.25) is 4.79 Å². The van der Waals surface area contributed by atoms with Crippen LogP contribution in [0, 0.1) is 6.92 Å². The summed E-state index contributed by atoms with van der Waals surface area (Å²) >= 11 is 0. The zero-order valence-corrected chi connectivity index (χ0v) is 11.1. The van der Waals surface area contributed by atoms with Crippen molar-refractivity contribution in [2.45, 2.75) is 19.9 Å². The monoisotopic (exact) mass is 236 g/mol. The highest BCUT2D eigenvalue weighted by molar-refractivity contribution is 5.84. The Morgan fingerprint density at radius 3 is 2.53 bits per heavy atom. The van der Waals surface area contributed by atoms with Crippen molar-refractivity contribution in [1.29, 1.82) is 0 Å². The van der Waals surface area contributed by atoms with Crippen LogP contribution in [0.15, 0.2) is 18.2 Å². The van der Waals surface area contributed by atoms with E-state index in [-0.39, 0.29) is 11.9 Å². The molecule has 0 spiro atoms. The van der Waals surface area contributed by atoms with E-state index in [1.165, 1.54) is 0 Å². The minimum Gasteiger partial charge on any atom is -0.497 e. The van der Waals surface area contributed by atoms with Gasteiger partial charge in [-0.15, -0.1) is 0 Å². The number of carbonyl (C=O) groups excluding carboxylic acids is 1. The number of rotatable bonds is 4. The summed E-state index contributed by atoms with van der Waals surface area (Å²) in [5.41, 5.74) is 2.01. The first-order valence-electron chi connectivity index (χ1n) is 5.58. The van der Waals surface area contributed by atoms with Crippen LogP contribution in [0.2, 0.25) is 0 Å². The first-order valence-corrected chi connectivity index (χ1v) is 5.58. The summed E-state index contributed by atoms with van der Waals surface area (Å²) in [6, 6.07) is 5.50. The van der Waals surface area contributed by atoms with Gasteiger partial charge in [-0.05, 0) is 37.6 Å². The molecule has 0 saturated heterocycles. The van der Waals surface area contributed by atoms with E-state index in [1.54, 1.807) is 26.1 Å². The topological polar surface area (TPSA) is 41.6 Å². The molecule has 0 fully saturated rings. The average molecular weight is 236 g/mol.